The summed E-state index contributed by atoms with van der Waals surface area (Å²) in [6.45, 7) is 14.9. The summed E-state index contributed by atoms with van der Waals surface area (Å²) in [5.74, 6) is 2.02. The standard InChI is InChI=1S/C17H33N3O2S/c1-7-18-15(19-9-11-23(21)16(2,3)4)20-13-12-8-10-22-14(12)17(13,5)6/h12-14H,7-11H2,1-6H3,(H2,18,19,20). The summed E-state index contributed by atoms with van der Waals surface area (Å²) >= 11 is 0. The second kappa shape index (κ2) is 7.09. The Morgan fingerprint density at radius 2 is 2.09 bits per heavy atom. The smallest absolute Gasteiger partial charge is 0.191 e. The van der Waals surface area contributed by atoms with Crippen molar-refractivity contribution in [2.45, 2.75) is 64.9 Å². The largest absolute Gasteiger partial charge is 0.377 e. The Hall–Kier alpha value is -0.620. The molecule has 1 aliphatic heterocycles. The lowest BCUT2D eigenvalue weighted by Gasteiger charge is -2.54. The van der Waals surface area contributed by atoms with Gasteiger partial charge in [-0.2, -0.15) is 0 Å². The van der Waals surface area contributed by atoms with E-state index in [2.05, 4.69) is 36.4 Å². The number of nitrogens with zero attached hydrogens (tertiary/aromatic N) is 1. The number of rotatable bonds is 5. The summed E-state index contributed by atoms with van der Waals surface area (Å²) in [7, 11) is -0.860. The number of nitrogens with one attached hydrogen (secondary N) is 2. The van der Waals surface area contributed by atoms with Gasteiger partial charge in [-0.25, -0.2) is 0 Å². The van der Waals surface area contributed by atoms with Gasteiger partial charge >= 0.3 is 0 Å². The quantitative estimate of drug-likeness (QED) is 0.591. The molecule has 23 heavy (non-hydrogen) atoms. The summed E-state index contributed by atoms with van der Waals surface area (Å²) < 4.78 is 17.8. The Morgan fingerprint density at radius 1 is 1.39 bits per heavy atom. The predicted octanol–water partition coefficient (Wildman–Crippen LogP) is 1.90. The SMILES string of the molecule is CCNC(=NCCS(=O)C(C)(C)C)NC1C2CCOC2C1(C)C. The highest BCUT2D eigenvalue weighted by molar-refractivity contribution is 7.86. The number of fused-ring (bicyclic) bond motifs is 1. The normalized spacial score (nSPS) is 31.2. The lowest BCUT2D eigenvalue weighted by molar-refractivity contribution is -0.106. The van der Waals surface area contributed by atoms with E-state index >= 15 is 0 Å². The van der Waals surface area contributed by atoms with Crippen LogP contribution in [0.15, 0.2) is 4.99 Å². The van der Waals surface area contributed by atoms with Crippen molar-refractivity contribution < 1.29 is 8.95 Å². The third-order valence-electron chi connectivity index (χ3n) is 4.97. The molecule has 2 aliphatic rings. The molecule has 0 bridgehead atoms. The minimum absolute atomic E-state index is 0.131. The van der Waals surface area contributed by atoms with Crippen LogP contribution < -0.4 is 10.6 Å². The molecule has 6 heteroatoms. The van der Waals surface area contributed by atoms with Crippen LogP contribution in [0.4, 0.5) is 0 Å². The number of aliphatic imine (C=N–C) groups is 1. The zero-order valence-corrected chi connectivity index (χ0v) is 16.3. The first-order valence-electron chi connectivity index (χ1n) is 8.73. The fraction of sp³-hybridized carbons (Fsp3) is 0.941. The van der Waals surface area contributed by atoms with Gasteiger partial charge < -0.3 is 15.4 Å². The van der Waals surface area contributed by atoms with Crippen LogP contribution in [0.5, 0.6) is 0 Å². The Labute approximate surface area is 143 Å². The van der Waals surface area contributed by atoms with Crippen molar-refractivity contribution in [1.82, 2.24) is 10.6 Å². The van der Waals surface area contributed by atoms with E-state index in [9.17, 15) is 4.21 Å². The minimum atomic E-state index is -0.860. The maximum Gasteiger partial charge on any atom is 0.191 e. The summed E-state index contributed by atoms with van der Waals surface area (Å²) in [4.78, 5) is 4.63. The second-order valence-corrected chi connectivity index (χ2v) is 10.4. The first-order chi connectivity index (χ1) is 10.7. The predicted molar refractivity (Wildman–Crippen MR) is 97.3 cm³/mol. The van der Waals surface area contributed by atoms with E-state index in [0.717, 1.165) is 25.5 Å². The van der Waals surface area contributed by atoms with Gasteiger partial charge in [0.15, 0.2) is 5.96 Å². The van der Waals surface area contributed by atoms with Gasteiger partial charge in [-0.1, -0.05) is 13.8 Å². The number of hydrogen-bond donors (Lipinski definition) is 2. The zero-order valence-electron chi connectivity index (χ0n) is 15.4. The molecule has 0 spiro atoms. The van der Waals surface area contributed by atoms with Gasteiger partial charge in [0, 0.05) is 51.8 Å². The van der Waals surface area contributed by atoms with Crippen LogP contribution in [-0.2, 0) is 15.5 Å². The third-order valence-corrected chi connectivity index (χ3v) is 6.89. The maximum atomic E-state index is 12.1. The van der Waals surface area contributed by atoms with Crippen molar-refractivity contribution in [3.63, 3.8) is 0 Å². The van der Waals surface area contributed by atoms with E-state index in [1.807, 2.05) is 20.8 Å². The van der Waals surface area contributed by atoms with Crippen molar-refractivity contribution >= 4 is 16.8 Å². The van der Waals surface area contributed by atoms with Crippen LogP contribution in [-0.4, -0.2) is 52.5 Å². The highest BCUT2D eigenvalue weighted by Gasteiger charge is 2.59. The lowest BCUT2D eigenvalue weighted by Crippen LogP contribution is -2.68. The first kappa shape index (κ1) is 18.7. The van der Waals surface area contributed by atoms with E-state index in [-0.39, 0.29) is 10.2 Å². The molecule has 4 unspecified atom stereocenters. The fourth-order valence-corrected chi connectivity index (χ4v) is 4.50. The molecule has 1 saturated carbocycles. The van der Waals surface area contributed by atoms with Crippen molar-refractivity contribution in [3.8, 4) is 0 Å². The van der Waals surface area contributed by atoms with Crippen molar-refractivity contribution in [2.24, 2.45) is 16.3 Å². The molecule has 1 aliphatic carbocycles. The van der Waals surface area contributed by atoms with Gasteiger partial charge in [-0.15, -0.1) is 0 Å². The number of hydrogen-bond acceptors (Lipinski definition) is 3. The Kier molecular flexibility index (Phi) is 5.77. The van der Waals surface area contributed by atoms with Crippen molar-refractivity contribution in [3.05, 3.63) is 0 Å². The third kappa shape index (κ3) is 4.08. The Bertz CT molecular complexity index is 471. The topological polar surface area (TPSA) is 62.7 Å². The van der Waals surface area contributed by atoms with Gasteiger partial charge in [-0.3, -0.25) is 9.20 Å². The molecular formula is C17H33N3O2S. The van der Waals surface area contributed by atoms with Crippen molar-refractivity contribution in [1.29, 1.82) is 0 Å². The molecule has 0 radical (unpaired) electrons. The molecule has 134 valence electrons. The van der Waals surface area contributed by atoms with E-state index in [4.69, 9.17) is 4.74 Å². The molecule has 2 fully saturated rings. The molecular weight excluding hydrogens is 310 g/mol. The summed E-state index contributed by atoms with van der Waals surface area (Å²) in [6.07, 6.45) is 1.50. The minimum Gasteiger partial charge on any atom is -0.377 e. The van der Waals surface area contributed by atoms with Crippen LogP contribution in [0, 0.1) is 11.3 Å². The van der Waals surface area contributed by atoms with Gasteiger partial charge in [-0.05, 0) is 34.1 Å². The molecule has 0 aromatic rings. The average molecular weight is 344 g/mol. The van der Waals surface area contributed by atoms with E-state index in [1.165, 1.54) is 0 Å². The second-order valence-electron chi connectivity index (χ2n) is 8.11. The Morgan fingerprint density at radius 3 is 2.70 bits per heavy atom. The Balaban J connectivity index is 1.93. The molecule has 5 nitrogen and oxygen atoms in total. The van der Waals surface area contributed by atoms with Crippen LogP contribution in [0.1, 0.15) is 48.0 Å². The fourth-order valence-electron chi connectivity index (χ4n) is 3.63. The van der Waals surface area contributed by atoms with E-state index in [1.54, 1.807) is 0 Å². The van der Waals surface area contributed by atoms with Crippen LogP contribution in [0.2, 0.25) is 0 Å². The van der Waals surface area contributed by atoms with Crippen LogP contribution in [0.25, 0.3) is 0 Å². The lowest BCUT2D eigenvalue weighted by atomic mass is 9.57. The average Bonchev–Trinajstić information content (AvgIpc) is 2.90. The number of guanidine groups is 1. The molecule has 1 heterocycles. The van der Waals surface area contributed by atoms with E-state index in [0.29, 0.717) is 30.4 Å². The van der Waals surface area contributed by atoms with Gasteiger partial charge in [0.05, 0.1) is 12.6 Å². The molecule has 0 amide bonds. The highest BCUT2D eigenvalue weighted by atomic mass is 32.2. The molecule has 4 atom stereocenters. The number of ether oxygens (including phenoxy) is 1. The molecule has 1 saturated heterocycles. The summed E-state index contributed by atoms with van der Waals surface area (Å²) in [5, 5.41) is 6.90. The summed E-state index contributed by atoms with van der Waals surface area (Å²) in [6, 6.07) is 0.390. The van der Waals surface area contributed by atoms with Crippen molar-refractivity contribution in [2.75, 3.05) is 25.4 Å². The van der Waals surface area contributed by atoms with Gasteiger partial charge in [0.25, 0.3) is 0 Å². The zero-order chi connectivity index (χ0) is 17.3. The van der Waals surface area contributed by atoms with Crippen LogP contribution in [0.3, 0.4) is 0 Å². The van der Waals surface area contributed by atoms with E-state index < -0.39 is 10.8 Å². The monoisotopic (exact) mass is 343 g/mol. The molecule has 2 N–H and O–H groups in total. The molecule has 2 rings (SSSR count). The highest BCUT2D eigenvalue weighted by Crippen LogP contribution is 2.52. The maximum absolute atomic E-state index is 12.1. The molecule has 0 aromatic heterocycles. The van der Waals surface area contributed by atoms with Gasteiger partial charge in [0.1, 0.15) is 0 Å². The summed E-state index contributed by atoms with van der Waals surface area (Å²) in [5.41, 5.74) is 0.131. The molecule has 0 aromatic carbocycles. The first-order valence-corrected chi connectivity index (χ1v) is 10.0. The van der Waals surface area contributed by atoms with Gasteiger partial charge in [0.2, 0.25) is 0 Å². The van der Waals surface area contributed by atoms with Crippen LogP contribution >= 0.6 is 0 Å².